The van der Waals surface area contributed by atoms with Crippen LogP contribution in [0.1, 0.15) is 5.56 Å². The molecule has 0 atom stereocenters. The first-order chi connectivity index (χ1) is 16.1. The van der Waals surface area contributed by atoms with Crippen molar-refractivity contribution < 1.29 is 17.6 Å². The zero-order valence-electron chi connectivity index (χ0n) is 17.7. The molecule has 0 bridgehead atoms. The molecule has 13 heteroatoms. The molecule has 1 aromatic carbocycles. The molecule has 0 spiro atoms. The van der Waals surface area contributed by atoms with Gasteiger partial charge in [-0.2, -0.15) is 0 Å². The van der Waals surface area contributed by atoms with Crippen molar-refractivity contribution in [3.8, 4) is 5.82 Å². The molecule has 3 aromatic heterocycles. The zero-order valence-corrected chi connectivity index (χ0v) is 20.1. The van der Waals surface area contributed by atoms with E-state index in [0.717, 1.165) is 17.4 Å². The smallest absolute Gasteiger partial charge is 0.333 e. The van der Waals surface area contributed by atoms with Crippen molar-refractivity contribution in [3.05, 3.63) is 74.9 Å². The van der Waals surface area contributed by atoms with Crippen LogP contribution in [0.2, 0.25) is 4.34 Å². The molecule has 3 heterocycles. The highest BCUT2D eigenvalue weighted by atomic mass is 35.5. The van der Waals surface area contributed by atoms with E-state index in [2.05, 4.69) is 15.6 Å². The predicted octanol–water partition coefficient (Wildman–Crippen LogP) is 4.10. The van der Waals surface area contributed by atoms with Crippen LogP contribution >= 0.6 is 22.9 Å². The third-order valence-corrected chi connectivity index (χ3v) is 7.95. The summed E-state index contributed by atoms with van der Waals surface area (Å²) in [5, 5.41) is 5.89. The van der Waals surface area contributed by atoms with Gasteiger partial charge in [0.25, 0.3) is 15.6 Å². The second kappa shape index (κ2) is 9.05. The molecule has 34 heavy (non-hydrogen) atoms. The van der Waals surface area contributed by atoms with Crippen LogP contribution in [0.5, 0.6) is 0 Å². The van der Waals surface area contributed by atoms with Crippen LogP contribution in [-0.2, 0) is 10.0 Å². The molecule has 2 amide bonds. The lowest BCUT2D eigenvalue weighted by Crippen LogP contribution is -2.34. The topological polar surface area (TPSA) is 122 Å². The number of aromatic nitrogens is 2. The van der Waals surface area contributed by atoms with Crippen LogP contribution in [0.4, 0.5) is 20.6 Å². The molecule has 0 aliphatic carbocycles. The Bertz CT molecular complexity index is 1600. The Hall–Kier alpha value is -3.48. The Labute approximate surface area is 202 Å². The van der Waals surface area contributed by atoms with E-state index in [0.29, 0.717) is 10.9 Å². The quantitative estimate of drug-likeness (QED) is 0.363. The van der Waals surface area contributed by atoms with Gasteiger partial charge in [-0.3, -0.25) is 9.36 Å². The summed E-state index contributed by atoms with van der Waals surface area (Å²) in [6.07, 6.45) is 2.81. The van der Waals surface area contributed by atoms with Crippen molar-refractivity contribution in [1.29, 1.82) is 0 Å². The molecule has 4 rings (SSSR count). The molecule has 0 saturated heterocycles. The van der Waals surface area contributed by atoms with Gasteiger partial charge in [-0.25, -0.2) is 27.3 Å². The van der Waals surface area contributed by atoms with Crippen LogP contribution in [0, 0.1) is 12.7 Å². The summed E-state index contributed by atoms with van der Waals surface area (Å²) in [7, 11) is -2.50. The van der Waals surface area contributed by atoms with Gasteiger partial charge in [0.15, 0.2) is 0 Å². The molecule has 0 radical (unpaired) electrons. The average molecular weight is 522 g/mol. The van der Waals surface area contributed by atoms with Crippen molar-refractivity contribution in [1.82, 2.24) is 14.3 Å². The second-order valence-electron chi connectivity index (χ2n) is 7.14. The molecule has 0 aliphatic heterocycles. The van der Waals surface area contributed by atoms with Gasteiger partial charge in [-0.1, -0.05) is 11.6 Å². The minimum Gasteiger partial charge on any atom is -0.386 e. The maximum absolute atomic E-state index is 14.2. The molecule has 4 aromatic rings. The summed E-state index contributed by atoms with van der Waals surface area (Å²) in [5.41, 5.74) is 0.557. The number of nitrogens with one attached hydrogen (secondary N) is 3. The molecular formula is C21H17ClFN5O4S2. The Morgan fingerprint density at radius 1 is 1.18 bits per heavy atom. The normalized spacial score (nSPS) is 11.4. The number of rotatable bonds is 5. The number of nitrogens with zero attached hydrogens (tertiary/aromatic N) is 2. The summed E-state index contributed by atoms with van der Waals surface area (Å²) in [4.78, 5) is 29.4. The van der Waals surface area contributed by atoms with E-state index in [1.165, 1.54) is 35.2 Å². The first-order valence-electron chi connectivity index (χ1n) is 9.68. The second-order valence-corrected chi connectivity index (χ2v) is 10.8. The first kappa shape index (κ1) is 23.7. The number of urea groups is 1. The number of halogens is 2. The SMILES string of the molecule is CNc1cc2ccn(-c3cc(C)c(NC(=O)NS(=O)(=O)c4ccc(Cl)s4)cn3)c(=O)c2cc1F. The largest absolute Gasteiger partial charge is 0.386 e. The van der Waals surface area contributed by atoms with E-state index < -0.39 is 27.4 Å². The number of anilines is 2. The third kappa shape index (κ3) is 4.60. The van der Waals surface area contributed by atoms with Crippen LogP contribution in [0.3, 0.4) is 0 Å². The number of pyridine rings is 2. The number of amides is 2. The molecule has 0 aliphatic rings. The fourth-order valence-electron chi connectivity index (χ4n) is 3.20. The number of benzene rings is 1. The fraction of sp³-hybridized carbons (Fsp3) is 0.0952. The van der Waals surface area contributed by atoms with Crippen molar-refractivity contribution in [2.45, 2.75) is 11.1 Å². The van der Waals surface area contributed by atoms with Gasteiger partial charge < -0.3 is 10.6 Å². The van der Waals surface area contributed by atoms with Crippen molar-refractivity contribution in [2.24, 2.45) is 0 Å². The predicted molar refractivity (Wildman–Crippen MR) is 130 cm³/mol. The van der Waals surface area contributed by atoms with Gasteiger partial charge in [-0.05, 0) is 54.3 Å². The monoisotopic (exact) mass is 521 g/mol. The van der Waals surface area contributed by atoms with Crippen LogP contribution < -0.4 is 20.9 Å². The van der Waals surface area contributed by atoms with E-state index in [1.807, 2.05) is 4.72 Å². The Morgan fingerprint density at radius 2 is 1.94 bits per heavy atom. The maximum atomic E-state index is 14.2. The standard InChI is InChI=1S/C21H17ClFN5O4S2/c1-11-7-18(28-6-5-12-8-15(24-2)14(23)9-13(12)20(28)29)25-10-16(11)26-21(30)27-34(31,32)19-4-3-17(22)33-19/h3-10,24H,1-2H3,(H2,26,27,30). The highest BCUT2D eigenvalue weighted by Gasteiger charge is 2.20. The summed E-state index contributed by atoms with van der Waals surface area (Å²) in [6, 6.07) is 7.61. The number of hydrogen-bond donors (Lipinski definition) is 3. The lowest BCUT2D eigenvalue weighted by Gasteiger charge is -2.12. The van der Waals surface area contributed by atoms with Crippen LogP contribution in [-0.4, -0.2) is 31.0 Å². The summed E-state index contributed by atoms with van der Waals surface area (Å²) >= 11 is 6.57. The van der Waals surface area contributed by atoms with Gasteiger partial charge in [-0.15, -0.1) is 11.3 Å². The van der Waals surface area contributed by atoms with Crippen molar-refractivity contribution in [2.75, 3.05) is 17.7 Å². The van der Waals surface area contributed by atoms with Crippen LogP contribution in [0.25, 0.3) is 16.6 Å². The fourth-order valence-corrected chi connectivity index (χ4v) is 5.59. The van der Waals surface area contributed by atoms with E-state index in [1.54, 1.807) is 26.1 Å². The molecular weight excluding hydrogens is 505 g/mol. The minimum absolute atomic E-state index is 0.105. The average Bonchev–Trinajstić information content (AvgIpc) is 3.22. The highest BCUT2D eigenvalue weighted by molar-refractivity contribution is 7.92. The highest BCUT2D eigenvalue weighted by Crippen LogP contribution is 2.25. The molecule has 0 saturated carbocycles. The van der Waals surface area contributed by atoms with E-state index in [4.69, 9.17) is 11.6 Å². The van der Waals surface area contributed by atoms with Crippen LogP contribution in [0.15, 0.2) is 57.8 Å². The Morgan fingerprint density at radius 3 is 2.59 bits per heavy atom. The molecule has 9 nitrogen and oxygen atoms in total. The number of aryl methyl sites for hydroxylation is 1. The number of hydrogen-bond acceptors (Lipinski definition) is 7. The number of thiophene rings is 1. The van der Waals surface area contributed by atoms with E-state index in [9.17, 15) is 22.4 Å². The van der Waals surface area contributed by atoms with Gasteiger partial charge in [0, 0.05) is 13.2 Å². The number of carbonyl (C=O) groups is 1. The van der Waals surface area contributed by atoms with E-state index in [-0.39, 0.29) is 31.1 Å². The Balaban J connectivity index is 1.59. The minimum atomic E-state index is -4.09. The number of sulfonamides is 1. The summed E-state index contributed by atoms with van der Waals surface area (Å²) in [5.74, 6) is -0.311. The van der Waals surface area contributed by atoms with Gasteiger partial charge in [0.1, 0.15) is 15.8 Å². The molecule has 0 unspecified atom stereocenters. The summed E-state index contributed by atoms with van der Waals surface area (Å²) < 4.78 is 42.0. The zero-order chi connectivity index (χ0) is 24.6. The molecule has 3 N–H and O–H groups in total. The lowest BCUT2D eigenvalue weighted by molar-refractivity contribution is 0.256. The molecule has 176 valence electrons. The van der Waals surface area contributed by atoms with Gasteiger partial charge in [0.05, 0.1) is 27.3 Å². The van der Waals surface area contributed by atoms with Crippen molar-refractivity contribution in [3.63, 3.8) is 0 Å². The van der Waals surface area contributed by atoms with E-state index >= 15 is 0 Å². The van der Waals surface area contributed by atoms with Gasteiger partial charge in [0.2, 0.25) is 0 Å². The third-order valence-electron chi connectivity index (χ3n) is 4.89. The first-order valence-corrected chi connectivity index (χ1v) is 12.4. The van der Waals surface area contributed by atoms with Crippen molar-refractivity contribution >= 4 is 61.1 Å². The Kier molecular flexibility index (Phi) is 6.30. The van der Waals surface area contributed by atoms with Gasteiger partial charge >= 0.3 is 6.03 Å². The summed E-state index contributed by atoms with van der Waals surface area (Å²) in [6.45, 7) is 1.65. The lowest BCUT2D eigenvalue weighted by atomic mass is 10.1. The maximum Gasteiger partial charge on any atom is 0.333 e. The number of carbonyl (C=O) groups excluding carboxylic acids is 1. The molecule has 0 fully saturated rings. The number of fused-ring (bicyclic) bond motifs is 1.